The maximum Gasteiger partial charge on any atom is 0.203 e. The average molecular weight is 303 g/mol. The van der Waals surface area contributed by atoms with Crippen molar-refractivity contribution in [3.05, 3.63) is 35.5 Å². The summed E-state index contributed by atoms with van der Waals surface area (Å²) >= 11 is 1.51. The Labute approximate surface area is 127 Å². The fourth-order valence-corrected chi connectivity index (χ4v) is 3.23. The van der Waals surface area contributed by atoms with Crippen molar-refractivity contribution in [2.45, 2.75) is 32.6 Å². The SMILES string of the molecule is CC1CCC/C(=N/Nc2nc(-c3ccc(F)cc3)cs2)C1. The van der Waals surface area contributed by atoms with Crippen LogP contribution >= 0.6 is 11.3 Å². The second-order valence-corrected chi connectivity index (χ2v) is 6.39. The number of hydrogen-bond donors (Lipinski definition) is 1. The Balaban J connectivity index is 1.67. The van der Waals surface area contributed by atoms with E-state index in [1.807, 2.05) is 5.38 Å². The number of anilines is 1. The molecule has 0 bridgehead atoms. The van der Waals surface area contributed by atoms with Gasteiger partial charge in [-0.3, -0.25) is 5.43 Å². The van der Waals surface area contributed by atoms with Gasteiger partial charge in [0, 0.05) is 16.7 Å². The van der Waals surface area contributed by atoms with E-state index in [1.54, 1.807) is 12.1 Å². The summed E-state index contributed by atoms with van der Waals surface area (Å²) in [7, 11) is 0. The van der Waals surface area contributed by atoms with Crippen molar-refractivity contribution in [1.82, 2.24) is 4.98 Å². The van der Waals surface area contributed by atoms with Gasteiger partial charge in [0.05, 0.1) is 5.69 Å². The van der Waals surface area contributed by atoms with Crippen LogP contribution in [0.1, 0.15) is 32.6 Å². The van der Waals surface area contributed by atoms with Crippen LogP contribution in [-0.4, -0.2) is 10.7 Å². The molecule has 1 aliphatic rings. The Hall–Kier alpha value is -1.75. The first-order valence-electron chi connectivity index (χ1n) is 7.23. The van der Waals surface area contributed by atoms with Crippen LogP contribution in [-0.2, 0) is 0 Å². The first-order valence-corrected chi connectivity index (χ1v) is 8.11. The van der Waals surface area contributed by atoms with Crippen molar-refractivity contribution in [3.63, 3.8) is 0 Å². The summed E-state index contributed by atoms with van der Waals surface area (Å²) in [5, 5.41) is 7.21. The number of hydrogen-bond acceptors (Lipinski definition) is 4. The fourth-order valence-electron chi connectivity index (χ4n) is 2.57. The first-order chi connectivity index (χ1) is 10.2. The Morgan fingerprint density at radius 3 is 2.90 bits per heavy atom. The molecule has 0 amide bonds. The summed E-state index contributed by atoms with van der Waals surface area (Å²) in [5.74, 6) is 0.496. The predicted octanol–water partition coefficient (Wildman–Crippen LogP) is 4.93. The molecular formula is C16H18FN3S. The standard InChI is InChI=1S/C16H18FN3S/c1-11-3-2-4-14(9-11)19-20-16-18-15(10-21-16)12-5-7-13(17)8-6-12/h5-8,10-11H,2-4,9H2,1H3,(H,18,20)/b19-14-. The van der Waals surface area contributed by atoms with Gasteiger partial charge in [-0.1, -0.05) is 6.92 Å². The van der Waals surface area contributed by atoms with E-state index in [0.29, 0.717) is 0 Å². The van der Waals surface area contributed by atoms with E-state index in [0.717, 1.165) is 35.1 Å². The van der Waals surface area contributed by atoms with E-state index in [1.165, 1.54) is 42.0 Å². The number of thiazole rings is 1. The second-order valence-electron chi connectivity index (χ2n) is 5.54. The van der Waals surface area contributed by atoms with Crippen LogP contribution in [0.2, 0.25) is 0 Å². The molecule has 3 nitrogen and oxygen atoms in total. The highest BCUT2D eigenvalue weighted by Gasteiger charge is 2.14. The van der Waals surface area contributed by atoms with Gasteiger partial charge in [-0.25, -0.2) is 9.37 Å². The van der Waals surface area contributed by atoms with E-state index in [2.05, 4.69) is 22.4 Å². The molecule has 1 N–H and O–H groups in total. The molecule has 1 heterocycles. The largest absolute Gasteiger partial charge is 0.253 e. The Morgan fingerprint density at radius 2 is 2.14 bits per heavy atom. The molecule has 2 aromatic rings. The van der Waals surface area contributed by atoms with Gasteiger partial charge in [-0.2, -0.15) is 5.10 Å². The molecule has 1 fully saturated rings. The van der Waals surface area contributed by atoms with Crippen molar-refractivity contribution in [2.75, 3.05) is 5.43 Å². The lowest BCUT2D eigenvalue weighted by Gasteiger charge is -2.18. The van der Waals surface area contributed by atoms with Crippen LogP contribution < -0.4 is 5.43 Å². The zero-order chi connectivity index (χ0) is 14.7. The molecule has 3 rings (SSSR count). The molecule has 5 heteroatoms. The number of halogens is 1. The zero-order valence-electron chi connectivity index (χ0n) is 12.0. The van der Waals surface area contributed by atoms with Crippen LogP contribution in [0, 0.1) is 11.7 Å². The molecule has 0 spiro atoms. The van der Waals surface area contributed by atoms with Gasteiger partial charge in [0.1, 0.15) is 5.82 Å². The molecule has 0 saturated heterocycles. The lowest BCUT2D eigenvalue weighted by atomic mass is 9.89. The maximum absolute atomic E-state index is 12.9. The second kappa shape index (κ2) is 6.35. The van der Waals surface area contributed by atoms with E-state index in [9.17, 15) is 4.39 Å². The minimum atomic E-state index is -0.231. The normalized spacial score (nSPS) is 20.7. The Morgan fingerprint density at radius 1 is 1.33 bits per heavy atom. The van der Waals surface area contributed by atoms with Crippen LogP contribution in [0.25, 0.3) is 11.3 Å². The van der Waals surface area contributed by atoms with Gasteiger partial charge in [0.15, 0.2) is 0 Å². The molecule has 1 aliphatic carbocycles. The molecule has 1 aromatic carbocycles. The third kappa shape index (κ3) is 3.67. The van der Waals surface area contributed by atoms with E-state index >= 15 is 0 Å². The van der Waals surface area contributed by atoms with Crippen molar-refractivity contribution < 1.29 is 4.39 Å². The summed E-state index contributed by atoms with van der Waals surface area (Å²) in [5.41, 5.74) is 6.05. The van der Waals surface area contributed by atoms with Gasteiger partial charge in [-0.15, -0.1) is 11.3 Å². The third-order valence-electron chi connectivity index (χ3n) is 3.70. The first kappa shape index (κ1) is 14.2. The molecule has 0 radical (unpaired) electrons. The molecule has 1 saturated carbocycles. The Bertz CT molecular complexity index is 633. The summed E-state index contributed by atoms with van der Waals surface area (Å²) in [4.78, 5) is 4.49. The van der Waals surface area contributed by atoms with Gasteiger partial charge >= 0.3 is 0 Å². The molecule has 1 aromatic heterocycles. The lowest BCUT2D eigenvalue weighted by molar-refractivity contribution is 0.500. The minimum absolute atomic E-state index is 0.231. The highest BCUT2D eigenvalue weighted by atomic mass is 32.1. The molecule has 110 valence electrons. The highest BCUT2D eigenvalue weighted by Crippen LogP contribution is 2.26. The molecule has 0 aliphatic heterocycles. The summed E-state index contributed by atoms with van der Waals surface area (Å²) in [6.07, 6.45) is 4.67. The highest BCUT2D eigenvalue weighted by molar-refractivity contribution is 7.14. The van der Waals surface area contributed by atoms with Gasteiger partial charge in [-0.05, 0) is 55.9 Å². The van der Waals surface area contributed by atoms with Gasteiger partial charge in [0.2, 0.25) is 5.13 Å². The van der Waals surface area contributed by atoms with Crippen LogP contribution in [0.3, 0.4) is 0 Å². The number of hydrazone groups is 1. The summed E-state index contributed by atoms with van der Waals surface area (Å²) in [6, 6.07) is 6.38. The lowest BCUT2D eigenvalue weighted by Crippen LogP contribution is -2.13. The number of nitrogens with zero attached hydrogens (tertiary/aromatic N) is 2. The predicted molar refractivity (Wildman–Crippen MR) is 86.2 cm³/mol. The monoisotopic (exact) mass is 303 g/mol. The van der Waals surface area contributed by atoms with E-state index < -0.39 is 0 Å². The topological polar surface area (TPSA) is 37.3 Å². The number of nitrogens with one attached hydrogen (secondary N) is 1. The molecule has 21 heavy (non-hydrogen) atoms. The Kier molecular flexibility index (Phi) is 4.29. The smallest absolute Gasteiger partial charge is 0.203 e. The number of rotatable bonds is 3. The van der Waals surface area contributed by atoms with Crippen molar-refractivity contribution in [1.29, 1.82) is 0 Å². The molecule has 1 unspecified atom stereocenters. The molecule has 1 atom stereocenters. The number of aromatic nitrogens is 1. The maximum atomic E-state index is 12.9. The van der Waals surface area contributed by atoms with Crippen LogP contribution in [0.5, 0.6) is 0 Å². The summed E-state index contributed by atoms with van der Waals surface area (Å²) in [6.45, 7) is 2.27. The zero-order valence-corrected chi connectivity index (χ0v) is 12.8. The summed E-state index contributed by atoms with van der Waals surface area (Å²) < 4.78 is 12.9. The van der Waals surface area contributed by atoms with E-state index in [-0.39, 0.29) is 5.82 Å². The fraction of sp³-hybridized carbons (Fsp3) is 0.375. The van der Waals surface area contributed by atoms with Crippen molar-refractivity contribution in [3.8, 4) is 11.3 Å². The van der Waals surface area contributed by atoms with Gasteiger partial charge < -0.3 is 0 Å². The van der Waals surface area contributed by atoms with Crippen LogP contribution in [0.4, 0.5) is 9.52 Å². The van der Waals surface area contributed by atoms with Gasteiger partial charge in [0.25, 0.3) is 0 Å². The quantitative estimate of drug-likeness (QED) is 0.817. The molecular weight excluding hydrogens is 285 g/mol. The van der Waals surface area contributed by atoms with E-state index in [4.69, 9.17) is 0 Å². The number of benzene rings is 1. The average Bonchev–Trinajstić information content (AvgIpc) is 2.95. The third-order valence-corrected chi connectivity index (χ3v) is 4.45. The van der Waals surface area contributed by atoms with Crippen molar-refractivity contribution >= 4 is 22.2 Å². The minimum Gasteiger partial charge on any atom is -0.253 e. The van der Waals surface area contributed by atoms with Crippen LogP contribution in [0.15, 0.2) is 34.7 Å². The van der Waals surface area contributed by atoms with Crippen molar-refractivity contribution in [2.24, 2.45) is 11.0 Å².